The molecule has 0 saturated heterocycles. The Labute approximate surface area is 254 Å². The van der Waals surface area contributed by atoms with Gasteiger partial charge in [0.2, 0.25) is 0 Å². The van der Waals surface area contributed by atoms with Crippen LogP contribution in [0, 0.1) is 6.57 Å². The zero-order valence-electron chi connectivity index (χ0n) is 23.7. The second kappa shape index (κ2) is 9.49. The lowest BCUT2D eigenvalue weighted by molar-refractivity contribution is 1.15. The smallest absolute Gasteiger partial charge is 0.187 e. The molecule has 0 saturated carbocycles. The number of aromatic nitrogens is 3. The van der Waals surface area contributed by atoms with Crippen molar-refractivity contribution in [3.8, 4) is 39.5 Å². The zero-order valence-corrected chi connectivity index (χ0v) is 23.7. The highest BCUT2D eigenvalue weighted by atomic mass is 15.0. The van der Waals surface area contributed by atoms with Crippen LogP contribution in [0.4, 0.5) is 5.69 Å². The van der Waals surface area contributed by atoms with Crippen molar-refractivity contribution in [1.82, 2.24) is 14.5 Å². The Morgan fingerprint density at radius 3 is 2.30 bits per heavy atom. The summed E-state index contributed by atoms with van der Waals surface area (Å²) >= 11 is 0. The number of hydrogen-bond donors (Lipinski definition) is 0. The van der Waals surface area contributed by atoms with Crippen molar-refractivity contribution in [2.45, 2.75) is 6.42 Å². The monoisotopic (exact) mass is 560 g/mol. The third kappa shape index (κ3) is 3.63. The van der Waals surface area contributed by atoms with E-state index in [2.05, 4.69) is 100 Å². The standard InChI is InChI=1S/C40H24N4/c1-41-28-19-17-25(18-20-28)38-34-14-4-6-15-36(34)42-40(43-38)27-10-8-11-29(23-27)44-37-16-7-5-13-32(37)33-22-21-31-30-12-3-2-9-26(30)24-35(31)39(33)44/h2-23H,24H2. The third-order valence-electron chi connectivity index (χ3n) is 8.85. The molecule has 44 heavy (non-hydrogen) atoms. The number of benzene rings is 6. The molecule has 9 rings (SSSR count). The fourth-order valence-corrected chi connectivity index (χ4v) is 6.86. The molecule has 2 heterocycles. The fraction of sp³-hybridized carbons (Fsp3) is 0.0250. The summed E-state index contributed by atoms with van der Waals surface area (Å²) < 4.78 is 2.42. The molecule has 0 bridgehead atoms. The molecule has 0 spiro atoms. The Hall–Kier alpha value is -6.05. The molecular weight excluding hydrogens is 536 g/mol. The first-order valence-corrected chi connectivity index (χ1v) is 14.8. The van der Waals surface area contributed by atoms with E-state index >= 15 is 0 Å². The SMILES string of the molecule is [C-]#[N+]c1ccc(-c2nc(-c3cccc(-n4c5ccccc5c5ccc6c(c54)Cc4ccccc4-6)c3)nc3ccccc23)cc1. The number of hydrogen-bond acceptors (Lipinski definition) is 2. The molecule has 1 aliphatic rings. The van der Waals surface area contributed by atoms with E-state index < -0.39 is 0 Å². The van der Waals surface area contributed by atoms with E-state index in [1.54, 1.807) is 0 Å². The first-order valence-electron chi connectivity index (χ1n) is 14.8. The van der Waals surface area contributed by atoms with Gasteiger partial charge in [-0.25, -0.2) is 14.8 Å². The van der Waals surface area contributed by atoms with Crippen molar-refractivity contribution < 1.29 is 0 Å². The molecule has 0 radical (unpaired) electrons. The predicted octanol–water partition coefficient (Wildman–Crippen LogP) is 10.2. The van der Waals surface area contributed by atoms with Gasteiger partial charge in [0, 0.05) is 33.8 Å². The van der Waals surface area contributed by atoms with E-state index in [0.717, 1.165) is 39.8 Å². The van der Waals surface area contributed by atoms with Gasteiger partial charge in [0.05, 0.1) is 28.8 Å². The van der Waals surface area contributed by atoms with Gasteiger partial charge in [-0.05, 0) is 52.1 Å². The molecule has 0 fully saturated rings. The van der Waals surface area contributed by atoms with E-state index in [-0.39, 0.29) is 0 Å². The molecule has 0 amide bonds. The highest BCUT2D eigenvalue weighted by Crippen LogP contribution is 2.44. The molecule has 0 atom stereocenters. The van der Waals surface area contributed by atoms with Crippen molar-refractivity contribution in [2.75, 3.05) is 0 Å². The fourth-order valence-electron chi connectivity index (χ4n) is 6.86. The van der Waals surface area contributed by atoms with Crippen molar-refractivity contribution in [3.63, 3.8) is 0 Å². The molecule has 0 unspecified atom stereocenters. The maximum Gasteiger partial charge on any atom is 0.187 e. The van der Waals surface area contributed by atoms with Crippen molar-refractivity contribution in [1.29, 1.82) is 0 Å². The summed E-state index contributed by atoms with van der Waals surface area (Å²) in [6, 6.07) is 46.4. The Morgan fingerprint density at radius 2 is 1.41 bits per heavy atom. The summed E-state index contributed by atoms with van der Waals surface area (Å²) in [4.78, 5) is 13.7. The van der Waals surface area contributed by atoms with Gasteiger partial charge in [0.15, 0.2) is 11.5 Å². The molecule has 0 N–H and O–H groups in total. The molecule has 8 aromatic rings. The predicted molar refractivity (Wildman–Crippen MR) is 179 cm³/mol. The maximum absolute atomic E-state index is 7.35. The molecular formula is C40H24N4. The Morgan fingerprint density at radius 1 is 0.614 bits per heavy atom. The van der Waals surface area contributed by atoms with E-state index in [9.17, 15) is 0 Å². The second-order valence-electron chi connectivity index (χ2n) is 11.3. The minimum atomic E-state index is 0.612. The van der Waals surface area contributed by atoms with Crippen LogP contribution in [0.2, 0.25) is 0 Å². The Bertz CT molecular complexity index is 2480. The van der Waals surface area contributed by atoms with Crippen molar-refractivity contribution >= 4 is 38.4 Å². The summed E-state index contributed by atoms with van der Waals surface area (Å²) in [5.74, 6) is 0.674. The normalized spacial score (nSPS) is 12.0. The summed E-state index contributed by atoms with van der Waals surface area (Å²) in [6.07, 6.45) is 0.919. The van der Waals surface area contributed by atoms with Gasteiger partial charge in [0.1, 0.15) is 0 Å². The van der Waals surface area contributed by atoms with Crippen LogP contribution in [0.25, 0.3) is 77.0 Å². The average molecular weight is 561 g/mol. The lowest BCUT2D eigenvalue weighted by Gasteiger charge is -2.13. The molecule has 4 nitrogen and oxygen atoms in total. The molecule has 2 aromatic heterocycles. The topological polar surface area (TPSA) is 35.1 Å². The Balaban J connectivity index is 1.27. The van der Waals surface area contributed by atoms with Crippen LogP contribution in [0.5, 0.6) is 0 Å². The quantitative estimate of drug-likeness (QED) is 0.202. The maximum atomic E-state index is 7.35. The molecule has 204 valence electrons. The largest absolute Gasteiger partial charge is 0.309 e. The Kier molecular flexibility index (Phi) is 5.29. The van der Waals surface area contributed by atoms with Crippen LogP contribution in [0.1, 0.15) is 11.1 Å². The summed E-state index contributed by atoms with van der Waals surface area (Å²) in [7, 11) is 0. The van der Waals surface area contributed by atoms with Gasteiger partial charge >= 0.3 is 0 Å². The van der Waals surface area contributed by atoms with Crippen LogP contribution in [0.3, 0.4) is 0 Å². The first-order chi connectivity index (χ1) is 21.8. The first kappa shape index (κ1) is 24.5. The van der Waals surface area contributed by atoms with Gasteiger partial charge in [-0.1, -0.05) is 109 Å². The lowest BCUT2D eigenvalue weighted by atomic mass is 10.0. The van der Waals surface area contributed by atoms with Gasteiger partial charge in [-0.3, -0.25) is 0 Å². The van der Waals surface area contributed by atoms with Crippen molar-refractivity contribution in [2.24, 2.45) is 0 Å². The van der Waals surface area contributed by atoms with Gasteiger partial charge in [-0.15, -0.1) is 0 Å². The number of fused-ring (bicyclic) bond motifs is 8. The van der Waals surface area contributed by atoms with Gasteiger partial charge in [0.25, 0.3) is 0 Å². The second-order valence-corrected chi connectivity index (χ2v) is 11.3. The van der Waals surface area contributed by atoms with E-state index in [4.69, 9.17) is 16.5 Å². The summed E-state index contributed by atoms with van der Waals surface area (Å²) in [5.41, 5.74) is 13.2. The van der Waals surface area contributed by atoms with E-state index in [0.29, 0.717) is 11.5 Å². The van der Waals surface area contributed by atoms with E-state index in [1.165, 1.54) is 44.1 Å². The van der Waals surface area contributed by atoms with Gasteiger partial charge < -0.3 is 4.57 Å². The third-order valence-corrected chi connectivity index (χ3v) is 8.85. The number of para-hydroxylation sites is 2. The molecule has 0 aliphatic heterocycles. The highest BCUT2D eigenvalue weighted by molar-refractivity contribution is 6.12. The minimum Gasteiger partial charge on any atom is -0.309 e. The minimum absolute atomic E-state index is 0.612. The number of nitrogens with zero attached hydrogens (tertiary/aromatic N) is 4. The number of rotatable bonds is 3. The summed E-state index contributed by atoms with van der Waals surface area (Å²) in [5, 5.41) is 3.50. The van der Waals surface area contributed by atoms with Crippen LogP contribution in [-0.2, 0) is 6.42 Å². The van der Waals surface area contributed by atoms with Crippen molar-refractivity contribution in [3.05, 3.63) is 156 Å². The van der Waals surface area contributed by atoms with Crippen LogP contribution < -0.4 is 0 Å². The molecule has 4 heteroatoms. The van der Waals surface area contributed by atoms with Gasteiger partial charge in [-0.2, -0.15) is 0 Å². The summed E-state index contributed by atoms with van der Waals surface area (Å²) in [6.45, 7) is 7.35. The lowest BCUT2D eigenvalue weighted by Crippen LogP contribution is -1.99. The molecule has 6 aromatic carbocycles. The highest BCUT2D eigenvalue weighted by Gasteiger charge is 2.24. The van der Waals surface area contributed by atoms with E-state index in [1.807, 2.05) is 42.5 Å². The average Bonchev–Trinajstić information content (AvgIpc) is 3.64. The van der Waals surface area contributed by atoms with Crippen LogP contribution in [0.15, 0.2) is 133 Å². The molecule has 1 aliphatic carbocycles. The van der Waals surface area contributed by atoms with Crippen LogP contribution >= 0.6 is 0 Å². The zero-order chi connectivity index (χ0) is 29.2. The van der Waals surface area contributed by atoms with Crippen LogP contribution in [-0.4, -0.2) is 14.5 Å².